The maximum absolute atomic E-state index is 12.2. The van der Waals surface area contributed by atoms with Crippen LogP contribution in [0.15, 0.2) is 40.2 Å². The molecule has 1 amide bonds. The van der Waals surface area contributed by atoms with Crippen molar-refractivity contribution in [3.05, 3.63) is 52.7 Å². The van der Waals surface area contributed by atoms with Gasteiger partial charge in [-0.1, -0.05) is 35.5 Å². The first-order chi connectivity index (χ1) is 10.1. The quantitative estimate of drug-likeness (QED) is 0.801. The molecule has 0 radical (unpaired) electrons. The molecule has 0 unspecified atom stereocenters. The maximum atomic E-state index is 12.2. The number of carbonyl (C=O) groups is 1. The molecule has 1 aromatic carbocycles. The van der Waals surface area contributed by atoms with Crippen LogP contribution in [0.1, 0.15) is 21.8 Å². The second kappa shape index (κ2) is 5.49. The van der Waals surface area contributed by atoms with Gasteiger partial charge < -0.3 is 4.52 Å². The Hall–Kier alpha value is -2.47. The Morgan fingerprint density at radius 3 is 2.67 bits per heavy atom. The fourth-order valence-corrected chi connectivity index (χ4v) is 2.75. The zero-order valence-corrected chi connectivity index (χ0v) is 12.4. The summed E-state index contributed by atoms with van der Waals surface area (Å²) in [6.07, 6.45) is 0. The third kappa shape index (κ3) is 2.71. The SMILES string of the molecule is Cc1noc(C)c1C(=O)Nc1nc(-c2ccccc2)cs1. The van der Waals surface area contributed by atoms with Crippen molar-refractivity contribution in [3.63, 3.8) is 0 Å². The number of rotatable bonds is 3. The van der Waals surface area contributed by atoms with Gasteiger partial charge in [0.05, 0.1) is 11.4 Å². The molecule has 6 heteroatoms. The summed E-state index contributed by atoms with van der Waals surface area (Å²) in [7, 11) is 0. The van der Waals surface area contributed by atoms with E-state index in [1.165, 1.54) is 11.3 Å². The Bertz CT molecular complexity index is 758. The first-order valence-corrected chi connectivity index (χ1v) is 7.28. The van der Waals surface area contributed by atoms with Gasteiger partial charge in [-0.2, -0.15) is 0 Å². The van der Waals surface area contributed by atoms with Gasteiger partial charge in [0.2, 0.25) is 0 Å². The molecule has 3 aromatic rings. The zero-order valence-electron chi connectivity index (χ0n) is 11.6. The van der Waals surface area contributed by atoms with Gasteiger partial charge in [0.25, 0.3) is 5.91 Å². The van der Waals surface area contributed by atoms with Gasteiger partial charge in [0.1, 0.15) is 11.3 Å². The van der Waals surface area contributed by atoms with E-state index in [2.05, 4.69) is 15.5 Å². The molecular formula is C15H13N3O2S. The smallest absolute Gasteiger partial charge is 0.262 e. The summed E-state index contributed by atoms with van der Waals surface area (Å²) in [4.78, 5) is 16.6. The second-order valence-electron chi connectivity index (χ2n) is 4.56. The second-order valence-corrected chi connectivity index (χ2v) is 5.42. The highest BCUT2D eigenvalue weighted by Crippen LogP contribution is 2.25. The van der Waals surface area contributed by atoms with E-state index in [-0.39, 0.29) is 5.91 Å². The number of nitrogens with zero attached hydrogens (tertiary/aromatic N) is 2. The van der Waals surface area contributed by atoms with Gasteiger partial charge in [0.15, 0.2) is 5.13 Å². The van der Waals surface area contributed by atoms with Crippen LogP contribution in [0.2, 0.25) is 0 Å². The van der Waals surface area contributed by atoms with E-state index in [1.807, 2.05) is 35.7 Å². The number of aryl methyl sites for hydroxylation is 2. The van der Waals surface area contributed by atoms with Crippen LogP contribution >= 0.6 is 11.3 Å². The highest BCUT2D eigenvalue weighted by molar-refractivity contribution is 7.14. The summed E-state index contributed by atoms with van der Waals surface area (Å²) in [5.41, 5.74) is 2.90. The van der Waals surface area contributed by atoms with Crippen LogP contribution in [-0.2, 0) is 0 Å². The predicted molar refractivity (Wildman–Crippen MR) is 81.5 cm³/mol. The number of hydrogen-bond donors (Lipinski definition) is 1. The molecule has 0 atom stereocenters. The summed E-state index contributed by atoms with van der Waals surface area (Å²) in [6.45, 7) is 3.45. The average molecular weight is 299 g/mol. The molecule has 0 bridgehead atoms. The van der Waals surface area contributed by atoms with Crippen LogP contribution in [0.3, 0.4) is 0 Å². The first kappa shape index (κ1) is 13.5. The molecular weight excluding hydrogens is 286 g/mol. The molecule has 3 rings (SSSR count). The minimum absolute atomic E-state index is 0.250. The van der Waals surface area contributed by atoms with Crippen molar-refractivity contribution in [1.82, 2.24) is 10.1 Å². The van der Waals surface area contributed by atoms with E-state index < -0.39 is 0 Å². The van der Waals surface area contributed by atoms with E-state index in [9.17, 15) is 4.79 Å². The highest BCUT2D eigenvalue weighted by Gasteiger charge is 2.18. The average Bonchev–Trinajstić information content (AvgIpc) is 3.07. The van der Waals surface area contributed by atoms with Gasteiger partial charge >= 0.3 is 0 Å². The number of benzene rings is 1. The lowest BCUT2D eigenvalue weighted by molar-refractivity contribution is 0.102. The van der Waals surface area contributed by atoms with Crippen molar-refractivity contribution >= 4 is 22.4 Å². The van der Waals surface area contributed by atoms with Crippen LogP contribution in [-0.4, -0.2) is 16.0 Å². The fraction of sp³-hybridized carbons (Fsp3) is 0.133. The third-order valence-electron chi connectivity index (χ3n) is 3.05. The molecule has 0 spiro atoms. The van der Waals surface area contributed by atoms with Crippen molar-refractivity contribution in [1.29, 1.82) is 0 Å². The van der Waals surface area contributed by atoms with Gasteiger partial charge in [-0.3, -0.25) is 10.1 Å². The Balaban J connectivity index is 1.81. The summed E-state index contributed by atoms with van der Waals surface area (Å²) < 4.78 is 5.00. The minimum atomic E-state index is -0.250. The lowest BCUT2D eigenvalue weighted by atomic mass is 10.2. The summed E-state index contributed by atoms with van der Waals surface area (Å²) in [5.74, 6) is 0.255. The number of carbonyl (C=O) groups excluding carboxylic acids is 1. The largest absolute Gasteiger partial charge is 0.361 e. The Kier molecular flexibility index (Phi) is 3.53. The van der Waals surface area contributed by atoms with Crippen molar-refractivity contribution in [2.45, 2.75) is 13.8 Å². The lowest BCUT2D eigenvalue weighted by Crippen LogP contribution is -2.13. The minimum Gasteiger partial charge on any atom is -0.361 e. The van der Waals surface area contributed by atoms with E-state index in [1.54, 1.807) is 13.8 Å². The van der Waals surface area contributed by atoms with Gasteiger partial charge in [0, 0.05) is 10.9 Å². The standard InChI is InChI=1S/C15H13N3O2S/c1-9-13(10(2)20-18-9)14(19)17-15-16-12(8-21-15)11-6-4-3-5-7-11/h3-8H,1-2H3,(H,16,17,19). The molecule has 0 saturated heterocycles. The molecule has 0 aliphatic heterocycles. The van der Waals surface area contributed by atoms with Crippen LogP contribution in [0.5, 0.6) is 0 Å². The molecule has 2 aromatic heterocycles. The number of hydrogen-bond acceptors (Lipinski definition) is 5. The molecule has 2 heterocycles. The monoisotopic (exact) mass is 299 g/mol. The normalized spacial score (nSPS) is 10.6. The van der Waals surface area contributed by atoms with Crippen LogP contribution in [0.4, 0.5) is 5.13 Å². The summed E-state index contributed by atoms with van der Waals surface area (Å²) in [5, 5.41) is 9.03. The number of anilines is 1. The van der Waals surface area contributed by atoms with Crippen molar-refractivity contribution in [2.24, 2.45) is 0 Å². The first-order valence-electron chi connectivity index (χ1n) is 6.40. The van der Waals surface area contributed by atoms with E-state index in [0.717, 1.165) is 11.3 Å². The van der Waals surface area contributed by atoms with Crippen LogP contribution in [0.25, 0.3) is 11.3 Å². The molecule has 0 aliphatic carbocycles. The zero-order chi connectivity index (χ0) is 14.8. The molecule has 0 saturated carbocycles. The molecule has 5 nitrogen and oxygen atoms in total. The van der Waals surface area contributed by atoms with Gasteiger partial charge in [-0.15, -0.1) is 11.3 Å². The number of amides is 1. The molecule has 1 N–H and O–H groups in total. The maximum Gasteiger partial charge on any atom is 0.262 e. The molecule has 0 fully saturated rings. The number of thiazole rings is 1. The van der Waals surface area contributed by atoms with Crippen molar-refractivity contribution in [3.8, 4) is 11.3 Å². The van der Waals surface area contributed by atoms with Crippen LogP contribution in [0, 0.1) is 13.8 Å². The third-order valence-corrected chi connectivity index (χ3v) is 3.81. The molecule has 21 heavy (non-hydrogen) atoms. The van der Waals surface area contributed by atoms with E-state index >= 15 is 0 Å². The lowest BCUT2D eigenvalue weighted by Gasteiger charge is -2.00. The van der Waals surface area contributed by atoms with E-state index in [0.29, 0.717) is 22.1 Å². The molecule has 106 valence electrons. The van der Waals surface area contributed by atoms with Crippen molar-refractivity contribution < 1.29 is 9.32 Å². The Labute approximate surface area is 125 Å². The predicted octanol–water partition coefficient (Wildman–Crippen LogP) is 3.67. The Morgan fingerprint density at radius 1 is 1.24 bits per heavy atom. The summed E-state index contributed by atoms with van der Waals surface area (Å²) >= 11 is 1.39. The number of aromatic nitrogens is 2. The van der Waals surface area contributed by atoms with Gasteiger partial charge in [-0.25, -0.2) is 4.98 Å². The van der Waals surface area contributed by atoms with Crippen molar-refractivity contribution in [2.75, 3.05) is 5.32 Å². The molecule has 0 aliphatic rings. The van der Waals surface area contributed by atoms with Crippen LogP contribution < -0.4 is 5.32 Å². The fourth-order valence-electron chi connectivity index (χ4n) is 2.04. The van der Waals surface area contributed by atoms with E-state index in [4.69, 9.17) is 4.52 Å². The Morgan fingerprint density at radius 2 is 2.00 bits per heavy atom. The van der Waals surface area contributed by atoms with Gasteiger partial charge in [-0.05, 0) is 13.8 Å². The highest BCUT2D eigenvalue weighted by atomic mass is 32.1. The topological polar surface area (TPSA) is 68.0 Å². The summed E-state index contributed by atoms with van der Waals surface area (Å²) in [6, 6.07) is 9.83. The number of nitrogens with one attached hydrogen (secondary N) is 1.